The molecular weight excluding hydrogens is 314 g/mol. The number of carboxylic acid groups (broad SMARTS) is 1. The average Bonchev–Trinajstić information content (AvgIpc) is 2.52. The maximum absolute atomic E-state index is 9.91. The van der Waals surface area contributed by atoms with Gasteiger partial charge in [0.1, 0.15) is 0 Å². The first kappa shape index (κ1) is 18.1. The second-order valence-corrected chi connectivity index (χ2v) is 5.95. The number of carboxylic acids is 1. The van der Waals surface area contributed by atoms with Crippen molar-refractivity contribution in [3.63, 3.8) is 0 Å². The Morgan fingerprint density at radius 2 is 1.95 bits per heavy atom. The number of hydrogen-bond donors (Lipinski definition) is 2. The summed E-state index contributed by atoms with van der Waals surface area (Å²) >= 11 is 9.25. The van der Waals surface area contributed by atoms with Crippen molar-refractivity contribution in [2.75, 3.05) is 0 Å². The van der Waals surface area contributed by atoms with E-state index in [0.29, 0.717) is 10.6 Å². The SMILES string of the molecule is CC(C#N)CCC(=O)O.S=C(S)c1cccc2ccccc12. The molecule has 1 unspecified atom stereocenters. The molecule has 0 fully saturated rings. The van der Waals surface area contributed by atoms with Crippen LogP contribution in [0, 0.1) is 17.2 Å². The number of nitrogens with zero attached hydrogens (tertiary/aromatic N) is 1. The molecule has 0 saturated heterocycles. The Hall–Kier alpha value is -1.90. The Balaban J connectivity index is 0.000000239. The molecule has 2 rings (SSSR count). The van der Waals surface area contributed by atoms with Gasteiger partial charge >= 0.3 is 5.97 Å². The number of rotatable bonds is 4. The summed E-state index contributed by atoms with van der Waals surface area (Å²) in [7, 11) is 0. The van der Waals surface area contributed by atoms with Crippen molar-refractivity contribution in [2.24, 2.45) is 5.92 Å². The van der Waals surface area contributed by atoms with Crippen LogP contribution in [0.3, 0.4) is 0 Å². The lowest BCUT2D eigenvalue weighted by atomic mass is 10.1. The van der Waals surface area contributed by atoms with Gasteiger partial charge in [-0.1, -0.05) is 54.7 Å². The van der Waals surface area contributed by atoms with E-state index in [2.05, 4.69) is 30.8 Å². The summed E-state index contributed by atoms with van der Waals surface area (Å²) in [5, 5.41) is 18.7. The van der Waals surface area contributed by atoms with Crippen LogP contribution in [0.1, 0.15) is 25.3 Å². The summed E-state index contributed by atoms with van der Waals surface area (Å²) in [6.45, 7) is 1.71. The van der Waals surface area contributed by atoms with Crippen LogP contribution in [0.25, 0.3) is 10.8 Å². The minimum atomic E-state index is -0.836. The molecule has 3 nitrogen and oxygen atoms in total. The zero-order chi connectivity index (χ0) is 16.5. The molecule has 0 bridgehead atoms. The maximum Gasteiger partial charge on any atom is 0.303 e. The van der Waals surface area contributed by atoms with Crippen LogP contribution >= 0.6 is 24.8 Å². The smallest absolute Gasteiger partial charge is 0.303 e. The molecule has 1 N–H and O–H groups in total. The molecule has 2 aromatic carbocycles. The zero-order valence-corrected chi connectivity index (χ0v) is 13.9. The number of carbonyl (C=O) groups is 1. The van der Waals surface area contributed by atoms with Gasteiger partial charge in [-0.15, -0.1) is 12.6 Å². The van der Waals surface area contributed by atoms with Crippen LogP contribution in [-0.4, -0.2) is 15.3 Å². The molecule has 0 amide bonds. The van der Waals surface area contributed by atoms with E-state index < -0.39 is 5.97 Å². The van der Waals surface area contributed by atoms with Gasteiger partial charge < -0.3 is 5.11 Å². The van der Waals surface area contributed by atoms with Crippen molar-refractivity contribution in [3.8, 4) is 6.07 Å². The molecule has 22 heavy (non-hydrogen) atoms. The third-order valence-corrected chi connectivity index (χ3v) is 3.49. The number of thiocarbonyl (C=S) groups is 1. The van der Waals surface area contributed by atoms with Crippen molar-refractivity contribution >= 4 is 45.8 Å². The highest BCUT2D eigenvalue weighted by molar-refractivity contribution is 8.11. The Labute approximate surface area is 141 Å². The number of hydrogen-bond acceptors (Lipinski definition) is 3. The zero-order valence-electron chi connectivity index (χ0n) is 12.2. The van der Waals surface area contributed by atoms with Crippen molar-refractivity contribution in [3.05, 3.63) is 48.0 Å². The Bertz CT molecular complexity index is 702. The third-order valence-electron chi connectivity index (χ3n) is 3.03. The molecule has 114 valence electrons. The summed E-state index contributed by atoms with van der Waals surface area (Å²) in [6, 6.07) is 16.2. The van der Waals surface area contributed by atoms with Gasteiger partial charge in [0.25, 0.3) is 0 Å². The summed E-state index contributed by atoms with van der Waals surface area (Å²) < 4.78 is 0.650. The number of benzene rings is 2. The highest BCUT2D eigenvalue weighted by atomic mass is 32.1. The standard InChI is InChI=1S/C11H8S2.C6H9NO2/c12-11(13)10-7-3-5-8-4-1-2-6-9(8)10;1-5(4-7)2-3-6(8)9/h1-7H,(H,12,13);5H,2-3H2,1H3,(H,8,9). The van der Waals surface area contributed by atoms with E-state index in [4.69, 9.17) is 22.6 Å². The van der Waals surface area contributed by atoms with Crippen LogP contribution in [0.5, 0.6) is 0 Å². The molecule has 0 radical (unpaired) electrons. The van der Waals surface area contributed by atoms with E-state index in [1.165, 1.54) is 10.8 Å². The summed E-state index contributed by atoms with van der Waals surface area (Å²) in [5.74, 6) is -0.974. The lowest BCUT2D eigenvalue weighted by Crippen LogP contribution is -1.98. The highest BCUT2D eigenvalue weighted by Crippen LogP contribution is 2.20. The van der Waals surface area contributed by atoms with E-state index in [1.54, 1.807) is 6.92 Å². The molecular formula is C17H17NO2S2. The molecule has 0 aliphatic rings. The van der Waals surface area contributed by atoms with Crippen LogP contribution < -0.4 is 0 Å². The highest BCUT2D eigenvalue weighted by Gasteiger charge is 2.02. The Morgan fingerprint density at radius 1 is 1.32 bits per heavy atom. The molecule has 0 aliphatic carbocycles. The molecule has 5 heteroatoms. The van der Waals surface area contributed by atoms with Gasteiger partial charge in [-0.05, 0) is 24.1 Å². The number of aliphatic carboxylic acids is 1. The predicted octanol–water partition coefficient (Wildman–Crippen LogP) is 4.46. The van der Waals surface area contributed by atoms with Gasteiger partial charge in [-0.25, -0.2) is 0 Å². The van der Waals surface area contributed by atoms with Gasteiger partial charge in [-0.2, -0.15) is 5.26 Å². The average molecular weight is 331 g/mol. The van der Waals surface area contributed by atoms with E-state index in [9.17, 15) is 4.79 Å². The number of nitriles is 1. The first-order valence-corrected chi connectivity index (χ1v) is 7.63. The minimum absolute atomic E-state index is 0.0920. The van der Waals surface area contributed by atoms with Crippen LogP contribution in [0.4, 0.5) is 0 Å². The lowest BCUT2D eigenvalue weighted by molar-refractivity contribution is -0.137. The van der Waals surface area contributed by atoms with Crippen LogP contribution in [0.2, 0.25) is 0 Å². The lowest BCUT2D eigenvalue weighted by Gasteiger charge is -2.02. The van der Waals surface area contributed by atoms with E-state index in [0.717, 1.165) is 5.56 Å². The van der Waals surface area contributed by atoms with Crippen molar-refractivity contribution < 1.29 is 9.90 Å². The van der Waals surface area contributed by atoms with E-state index in [-0.39, 0.29) is 12.3 Å². The van der Waals surface area contributed by atoms with Gasteiger partial charge in [0.15, 0.2) is 0 Å². The largest absolute Gasteiger partial charge is 0.481 e. The summed E-state index contributed by atoms with van der Waals surface area (Å²) in [4.78, 5) is 9.91. The molecule has 0 saturated carbocycles. The second-order valence-electron chi connectivity index (χ2n) is 4.79. The Kier molecular flexibility index (Phi) is 7.58. The number of thiol groups is 1. The van der Waals surface area contributed by atoms with Gasteiger partial charge in [-0.3, -0.25) is 4.79 Å². The van der Waals surface area contributed by atoms with E-state index >= 15 is 0 Å². The maximum atomic E-state index is 9.91. The Morgan fingerprint density at radius 3 is 2.55 bits per heavy atom. The molecule has 1 atom stereocenters. The second kappa shape index (κ2) is 9.19. The summed E-state index contributed by atoms with van der Waals surface area (Å²) in [5.41, 5.74) is 1.04. The van der Waals surface area contributed by atoms with Gasteiger partial charge in [0.05, 0.1) is 10.3 Å². The molecule has 0 spiro atoms. The van der Waals surface area contributed by atoms with Crippen molar-refractivity contribution in [1.82, 2.24) is 0 Å². The quantitative estimate of drug-likeness (QED) is 0.641. The fourth-order valence-electron chi connectivity index (χ4n) is 1.82. The molecule has 0 heterocycles. The topological polar surface area (TPSA) is 61.1 Å². The first-order chi connectivity index (χ1) is 10.5. The molecule has 2 aromatic rings. The monoisotopic (exact) mass is 331 g/mol. The van der Waals surface area contributed by atoms with E-state index in [1.807, 2.05) is 30.3 Å². The molecule has 0 aromatic heterocycles. The number of fused-ring (bicyclic) bond motifs is 1. The fraction of sp³-hybridized carbons (Fsp3) is 0.235. The normalized spacial score (nSPS) is 11.0. The van der Waals surface area contributed by atoms with Crippen molar-refractivity contribution in [2.45, 2.75) is 19.8 Å². The van der Waals surface area contributed by atoms with Crippen molar-refractivity contribution in [1.29, 1.82) is 5.26 Å². The minimum Gasteiger partial charge on any atom is -0.481 e. The summed E-state index contributed by atoms with van der Waals surface area (Å²) in [6.07, 6.45) is 0.542. The van der Waals surface area contributed by atoms with Gasteiger partial charge in [0.2, 0.25) is 0 Å². The first-order valence-electron chi connectivity index (χ1n) is 6.78. The van der Waals surface area contributed by atoms with Gasteiger partial charge in [0, 0.05) is 17.9 Å². The molecule has 0 aliphatic heterocycles. The van der Waals surface area contributed by atoms with Crippen LogP contribution in [0.15, 0.2) is 42.5 Å². The third kappa shape index (κ3) is 5.84. The van der Waals surface area contributed by atoms with Crippen LogP contribution in [-0.2, 0) is 4.79 Å². The fourth-order valence-corrected chi connectivity index (χ4v) is 2.19. The predicted molar refractivity (Wildman–Crippen MR) is 96.3 cm³/mol.